The van der Waals surface area contributed by atoms with Gasteiger partial charge in [0.1, 0.15) is 5.82 Å². The number of rotatable bonds is 0. The second kappa shape index (κ2) is 3.13. The molecule has 1 aromatic heterocycles. The Labute approximate surface area is 79.3 Å². The summed E-state index contributed by atoms with van der Waals surface area (Å²) in [5.41, 5.74) is -0.366. The van der Waals surface area contributed by atoms with E-state index in [1.165, 1.54) is 0 Å². The highest BCUT2D eigenvalue weighted by Gasteiger charge is 2.18. The maximum Gasteiger partial charge on any atom is 0.295 e. The minimum absolute atomic E-state index is 0.0847. The predicted octanol–water partition coefficient (Wildman–Crippen LogP) is -0.201. The molecule has 6 heteroatoms. The molecule has 0 radical (unpaired) electrons. The molecule has 1 aromatic rings. The summed E-state index contributed by atoms with van der Waals surface area (Å²) < 4.78 is 5.12. The lowest BCUT2D eigenvalue weighted by atomic mass is 10.4. The van der Waals surface area contributed by atoms with Gasteiger partial charge in [-0.2, -0.15) is 0 Å². The average Bonchev–Trinajstić information content (AvgIpc) is 2.25. The standard InChI is InChI=1S/C8H9N3O3/c1-4-9-7-6(8(13)10-4)14-3-2-5(12)11-7/h2-3H2,1H3,(H2,9,10,11,12,13). The molecular formula is C8H9N3O3. The Kier molecular flexibility index (Phi) is 1.95. The fourth-order valence-electron chi connectivity index (χ4n) is 1.23. The van der Waals surface area contributed by atoms with Gasteiger partial charge in [-0.05, 0) is 6.92 Å². The van der Waals surface area contributed by atoms with Crippen molar-refractivity contribution in [3.05, 3.63) is 16.2 Å². The molecule has 2 N–H and O–H groups in total. The molecule has 0 saturated heterocycles. The third-order valence-corrected chi connectivity index (χ3v) is 1.83. The first-order chi connectivity index (χ1) is 6.66. The molecule has 0 unspecified atom stereocenters. The van der Waals surface area contributed by atoms with E-state index < -0.39 is 0 Å². The van der Waals surface area contributed by atoms with Gasteiger partial charge in [0.2, 0.25) is 11.7 Å². The Morgan fingerprint density at radius 2 is 2.21 bits per heavy atom. The predicted molar refractivity (Wildman–Crippen MR) is 48.3 cm³/mol. The van der Waals surface area contributed by atoms with E-state index in [4.69, 9.17) is 4.74 Å². The number of ether oxygens (including phenoxy) is 1. The molecule has 6 nitrogen and oxygen atoms in total. The summed E-state index contributed by atoms with van der Waals surface area (Å²) in [6.45, 7) is 1.84. The molecule has 2 heterocycles. The van der Waals surface area contributed by atoms with Gasteiger partial charge < -0.3 is 15.0 Å². The summed E-state index contributed by atoms with van der Waals surface area (Å²) in [6.07, 6.45) is 0.231. The van der Waals surface area contributed by atoms with Crippen LogP contribution in [0, 0.1) is 6.92 Å². The average molecular weight is 195 g/mol. The van der Waals surface area contributed by atoms with Crippen LogP contribution in [0.3, 0.4) is 0 Å². The van der Waals surface area contributed by atoms with Crippen LogP contribution in [0.2, 0.25) is 0 Å². The van der Waals surface area contributed by atoms with Gasteiger partial charge in [0.25, 0.3) is 5.56 Å². The first kappa shape index (κ1) is 8.74. The lowest BCUT2D eigenvalue weighted by Crippen LogP contribution is -2.16. The van der Waals surface area contributed by atoms with Gasteiger partial charge >= 0.3 is 0 Å². The molecule has 2 rings (SSSR count). The Bertz CT molecular complexity index is 438. The summed E-state index contributed by atoms with van der Waals surface area (Å²) in [7, 11) is 0. The minimum atomic E-state index is -0.366. The number of aromatic amines is 1. The third kappa shape index (κ3) is 1.46. The zero-order valence-corrected chi connectivity index (χ0v) is 7.59. The van der Waals surface area contributed by atoms with Gasteiger partial charge in [-0.3, -0.25) is 9.59 Å². The van der Waals surface area contributed by atoms with Crippen molar-refractivity contribution in [3.8, 4) is 5.75 Å². The fraction of sp³-hybridized carbons (Fsp3) is 0.375. The number of aromatic nitrogens is 2. The quantitative estimate of drug-likeness (QED) is 0.600. The molecule has 0 saturated carbocycles. The van der Waals surface area contributed by atoms with Crippen LogP contribution in [-0.4, -0.2) is 22.5 Å². The lowest BCUT2D eigenvalue weighted by molar-refractivity contribution is -0.116. The van der Waals surface area contributed by atoms with Crippen molar-refractivity contribution >= 4 is 11.7 Å². The Morgan fingerprint density at radius 3 is 3.00 bits per heavy atom. The van der Waals surface area contributed by atoms with Crippen LogP contribution in [0.25, 0.3) is 0 Å². The highest BCUT2D eigenvalue weighted by Crippen LogP contribution is 2.18. The molecule has 1 aliphatic rings. The van der Waals surface area contributed by atoms with Crippen molar-refractivity contribution in [3.63, 3.8) is 0 Å². The Morgan fingerprint density at radius 1 is 1.43 bits per heavy atom. The summed E-state index contributed by atoms with van der Waals surface area (Å²) >= 11 is 0. The topological polar surface area (TPSA) is 84.1 Å². The van der Waals surface area contributed by atoms with E-state index in [-0.39, 0.29) is 36.1 Å². The number of H-pyrrole nitrogens is 1. The van der Waals surface area contributed by atoms with E-state index in [1.807, 2.05) is 0 Å². The monoisotopic (exact) mass is 195 g/mol. The third-order valence-electron chi connectivity index (χ3n) is 1.83. The van der Waals surface area contributed by atoms with Crippen molar-refractivity contribution in [2.24, 2.45) is 0 Å². The van der Waals surface area contributed by atoms with Gasteiger partial charge in [-0.25, -0.2) is 4.98 Å². The van der Waals surface area contributed by atoms with E-state index in [0.29, 0.717) is 5.82 Å². The van der Waals surface area contributed by atoms with E-state index >= 15 is 0 Å². The zero-order chi connectivity index (χ0) is 10.1. The van der Waals surface area contributed by atoms with Crippen LogP contribution in [0.15, 0.2) is 4.79 Å². The number of aryl methyl sites for hydroxylation is 1. The van der Waals surface area contributed by atoms with E-state index in [0.717, 1.165) is 0 Å². The van der Waals surface area contributed by atoms with Gasteiger partial charge in [0, 0.05) is 0 Å². The number of carbonyl (C=O) groups is 1. The summed E-state index contributed by atoms with van der Waals surface area (Å²) in [6, 6.07) is 0. The minimum Gasteiger partial charge on any atom is -0.485 e. The second-order valence-corrected chi connectivity index (χ2v) is 2.98. The van der Waals surface area contributed by atoms with Crippen LogP contribution in [-0.2, 0) is 4.79 Å². The number of amides is 1. The number of fused-ring (bicyclic) bond motifs is 1. The highest BCUT2D eigenvalue weighted by molar-refractivity contribution is 5.91. The lowest BCUT2D eigenvalue weighted by Gasteiger charge is -2.04. The summed E-state index contributed by atoms with van der Waals surface area (Å²) in [4.78, 5) is 29.0. The van der Waals surface area contributed by atoms with Crippen LogP contribution >= 0.6 is 0 Å². The molecule has 1 amide bonds. The SMILES string of the molecule is Cc1nc2c(c(=O)[nH]1)OCCC(=O)N2. The highest BCUT2D eigenvalue weighted by atomic mass is 16.5. The van der Waals surface area contributed by atoms with E-state index in [9.17, 15) is 9.59 Å². The van der Waals surface area contributed by atoms with Crippen LogP contribution < -0.4 is 15.6 Å². The molecule has 0 bridgehead atoms. The molecule has 0 aliphatic carbocycles. The smallest absolute Gasteiger partial charge is 0.295 e. The number of hydrogen-bond acceptors (Lipinski definition) is 4. The van der Waals surface area contributed by atoms with E-state index in [2.05, 4.69) is 15.3 Å². The number of hydrogen-bond donors (Lipinski definition) is 2. The second-order valence-electron chi connectivity index (χ2n) is 2.98. The van der Waals surface area contributed by atoms with Crippen LogP contribution in [0.4, 0.5) is 5.82 Å². The molecule has 74 valence electrons. The largest absolute Gasteiger partial charge is 0.485 e. The molecule has 0 fully saturated rings. The maximum absolute atomic E-state index is 11.4. The molecule has 1 aliphatic heterocycles. The molecule has 14 heavy (non-hydrogen) atoms. The number of anilines is 1. The van der Waals surface area contributed by atoms with Gasteiger partial charge in [-0.1, -0.05) is 0 Å². The van der Waals surface area contributed by atoms with Gasteiger partial charge in [0.15, 0.2) is 5.82 Å². The number of nitrogens with one attached hydrogen (secondary N) is 2. The van der Waals surface area contributed by atoms with Crippen molar-refractivity contribution in [1.82, 2.24) is 9.97 Å². The first-order valence-corrected chi connectivity index (χ1v) is 4.20. The van der Waals surface area contributed by atoms with Crippen molar-refractivity contribution in [1.29, 1.82) is 0 Å². The summed E-state index contributed by atoms with van der Waals surface area (Å²) in [5.74, 6) is 0.538. The summed E-state index contributed by atoms with van der Waals surface area (Å²) in [5, 5.41) is 2.51. The Balaban J connectivity index is 2.55. The van der Waals surface area contributed by atoms with Crippen molar-refractivity contribution < 1.29 is 9.53 Å². The van der Waals surface area contributed by atoms with Crippen LogP contribution in [0.5, 0.6) is 5.75 Å². The molecule has 0 spiro atoms. The normalized spacial score (nSPS) is 15.1. The maximum atomic E-state index is 11.4. The molecular weight excluding hydrogens is 186 g/mol. The van der Waals surface area contributed by atoms with E-state index in [1.54, 1.807) is 6.92 Å². The Hall–Kier alpha value is -1.85. The zero-order valence-electron chi connectivity index (χ0n) is 7.59. The van der Waals surface area contributed by atoms with Gasteiger partial charge in [-0.15, -0.1) is 0 Å². The molecule has 0 aromatic carbocycles. The first-order valence-electron chi connectivity index (χ1n) is 4.20. The number of nitrogens with zero attached hydrogens (tertiary/aromatic N) is 1. The number of carbonyl (C=O) groups excluding carboxylic acids is 1. The fourth-order valence-corrected chi connectivity index (χ4v) is 1.23. The van der Waals surface area contributed by atoms with Crippen LogP contribution in [0.1, 0.15) is 12.2 Å². The van der Waals surface area contributed by atoms with Crippen molar-refractivity contribution in [2.45, 2.75) is 13.3 Å². The molecule has 0 atom stereocenters. The van der Waals surface area contributed by atoms with Gasteiger partial charge in [0.05, 0.1) is 13.0 Å². The van der Waals surface area contributed by atoms with Crippen molar-refractivity contribution in [2.75, 3.05) is 11.9 Å².